The quantitative estimate of drug-likeness (QED) is 0.770. The average Bonchev–Trinajstić information content (AvgIpc) is 2.22. The van der Waals surface area contributed by atoms with Crippen molar-refractivity contribution in [2.45, 2.75) is 31.2 Å². The second-order valence-corrected chi connectivity index (χ2v) is 7.47. The minimum atomic E-state index is -3.53. The third kappa shape index (κ3) is 3.91. The van der Waals surface area contributed by atoms with Gasteiger partial charge in [0.25, 0.3) is 0 Å². The number of benzene rings is 1. The van der Waals surface area contributed by atoms with Crippen LogP contribution >= 0.6 is 31.9 Å². The Morgan fingerprint density at radius 1 is 1.39 bits per heavy atom. The van der Waals surface area contributed by atoms with E-state index in [1.165, 1.54) is 0 Å². The van der Waals surface area contributed by atoms with Crippen molar-refractivity contribution < 1.29 is 8.42 Å². The summed E-state index contributed by atoms with van der Waals surface area (Å²) < 4.78 is 28.3. The molecule has 0 saturated heterocycles. The first-order valence-electron chi connectivity index (χ1n) is 5.37. The highest BCUT2D eigenvalue weighted by Gasteiger charge is 2.20. The molecule has 6 heteroatoms. The van der Waals surface area contributed by atoms with Gasteiger partial charge in [-0.05, 0) is 53.9 Å². The Morgan fingerprint density at radius 3 is 2.56 bits per heavy atom. The van der Waals surface area contributed by atoms with Crippen LogP contribution in [0.3, 0.4) is 0 Å². The first-order valence-corrected chi connectivity index (χ1v) is 8.43. The van der Waals surface area contributed by atoms with Crippen LogP contribution in [0.5, 0.6) is 0 Å². The van der Waals surface area contributed by atoms with Gasteiger partial charge in [-0.2, -0.15) is 0 Å². The van der Waals surface area contributed by atoms with Gasteiger partial charge in [-0.25, -0.2) is 13.1 Å². The molecule has 1 atom stereocenters. The van der Waals surface area contributed by atoms with Crippen molar-refractivity contribution in [3.63, 3.8) is 0 Å². The average molecular weight is 397 g/mol. The van der Waals surface area contributed by atoms with Crippen LogP contribution in [0.25, 0.3) is 0 Å². The molecular formula is C12H15Br2NO2S. The monoisotopic (exact) mass is 395 g/mol. The number of halogens is 2. The van der Waals surface area contributed by atoms with Gasteiger partial charge in [0.2, 0.25) is 10.0 Å². The molecule has 0 aliphatic rings. The highest BCUT2D eigenvalue weighted by atomic mass is 79.9. The lowest BCUT2D eigenvalue weighted by molar-refractivity contribution is 0.561. The van der Waals surface area contributed by atoms with E-state index in [-0.39, 0.29) is 10.9 Å². The molecule has 0 spiro atoms. The molecule has 1 rings (SSSR count). The van der Waals surface area contributed by atoms with Crippen LogP contribution in [0.15, 0.2) is 38.6 Å². The number of hydrogen-bond acceptors (Lipinski definition) is 2. The summed E-state index contributed by atoms with van der Waals surface area (Å²) in [6.07, 6.45) is 2.27. The van der Waals surface area contributed by atoms with E-state index in [0.29, 0.717) is 10.9 Å². The molecule has 0 saturated carbocycles. The summed E-state index contributed by atoms with van der Waals surface area (Å²) in [5.74, 6) is 0. The third-order valence-corrected chi connectivity index (χ3v) is 5.78. The Hall–Kier alpha value is -0.170. The number of aryl methyl sites for hydroxylation is 1. The minimum absolute atomic E-state index is 0.181. The standard InChI is InChI=1S/C12H15Br2NO2S/c1-4-5-9(3)15-18(16,17)12-7-10(13)8(2)6-11(12)14/h4,6-7,9,15H,1,5H2,2-3H3. The molecule has 0 fully saturated rings. The normalized spacial score (nSPS) is 13.3. The van der Waals surface area contributed by atoms with Crippen LogP contribution < -0.4 is 4.72 Å². The zero-order valence-electron chi connectivity index (χ0n) is 10.2. The summed E-state index contributed by atoms with van der Waals surface area (Å²) in [6.45, 7) is 7.30. The fraction of sp³-hybridized carbons (Fsp3) is 0.333. The van der Waals surface area contributed by atoms with Crippen molar-refractivity contribution in [1.29, 1.82) is 0 Å². The molecule has 1 aromatic rings. The Labute approximate surface area is 125 Å². The molecule has 0 radical (unpaired) electrons. The second-order valence-electron chi connectivity index (χ2n) is 4.08. The zero-order valence-corrected chi connectivity index (χ0v) is 14.2. The van der Waals surface area contributed by atoms with E-state index < -0.39 is 10.0 Å². The number of hydrogen-bond donors (Lipinski definition) is 1. The van der Waals surface area contributed by atoms with Crippen molar-refractivity contribution in [3.8, 4) is 0 Å². The Morgan fingerprint density at radius 2 is 2.00 bits per heavy atom. The maximum absolute atomic E-state index is 12.2. The molecule has 0 heterocycles. The van der Waals surface area contributed by atoms with E-state index in [9.17, 15) is 8.42 Å². The van der Waals surface area contributed by atoms with Gasteiger partial charge < -0.3 is 0 Å². The molecule has 1 unspecified atom stereocenters. The molecule has 0 aliphatic carbocycles. The van der Waals surface area contributed by atoms with Crippen LogP contribution in [0, 0.1) is 6.92 Å². The molecule has 0 amide bonds. The summed E-state index contributed by atoms with van der Waals surface area (Å²) in [7, 11) is -3.53. The summed E-state index contributed by atoms with van der Waals surface area (Å²) in [4.78, 5) is 0.232. The molecule has 0 aliphatic heterocycles. The SMILES string of the molecule is C=CCC(C)NS(=O)(=O)c1cc(Br)c(C)cc1Br. The smallest absolute Gasteiger partial charge is 0.208 e. The van der Waals surface area contributed by atoms with Crippen molar-refractivity contribution >= 4 is 41.9 Å². The third-order valence-electron chi connectivity index (χ3n) is 2.38. The van der Waals surface area contributed by atoms with Crippen LogP contribution in [0.4, 0.5) is 0 Å². The molecule has 18 heavy (non-hydrogen) atoms. The second kappa shape index (κ2) is 6.32. The van der Waals surface area contributed by atoms with Crippen molar-refractivity contribution in [2.24, 2.45) is 0 Å². The number of sulfonamides is 1. The summed E-state index contributed by atoms with van der Waals surface area (Å²) in [6, 6.07) is 3.19. The van der Waals surface area contributed by atoms with Gasteiger partial charge in [0.1, 0.15) is 0 Å². The van der Waals surface area contributed by atoms with E-state index >= 15 is 0 Å². The summed E-state index contributed by atoms with van der Waals surface area (Å²) in [5, 5.41) is 0. The first kappa shape index (κ1) is 15.9. The van der Waals surface area contributed by atoms with Gasteiger partial charge in [-0.3, -0.25) is 0 Å². The lowest BCUT2D eigenvalue weighted by Gasteiger charge is -2.14. The lowest BCUT2D eigenvalue weighted by Crippen LogP contribution is -2.32. The Kier molecular flexibility index (Phi) is 5.58. The minimum Gasteiger partial charge on any atom is -0.208 e. The highest BCUT2D eigenvalue weighted by Crippen LogP contribution is 2.28. The molecule has 1 aromatic carbocycles. The van der Waals surface area contributed by atoms with Crippen LogP contribution in [-0.4, -0.2) is 14.5 Å². The van der Waals surface area contributed by atoms with Crippen molar-refractivity contribution in [3.05, 3.63) is 39.3 Å². The number of nitrogens with one attached hydrogen (secondary N) is 1. The van der Waals surface area contributed by atoms with E-state index in [1.807, 2.05) is 6.92 Å². The van der Waals surface area contributed by atoms with Crippen LogP contribution in [-0.2, 0) is 10.0 Å². The molecule has 0 bridgehead atoms. The molecular weight excluding hydrogens is 382 g/mol. The maximum Gasteiger partial charge on any atom is 0.241 e. The first-order chi connectivity index (χ1) is 8.27. The summed E-state index contributed by atoms with van der Waals surface area (Å²) >= 11 is 6.63. The topological polar surface area (TPSA) is 46.2 Å². The fourth-order valence-electron chi connectivity index (χ4n) is 1.46. The zero-order chi connectivity index (χ0) is 13.9. The van der Waals surface area contributed by atoms with Crippen molar-refractivity contribution in [2.75, 3.05) is 0 Å². The van der Waals surface area contributed by atoms with Gasteiger partial charge in [0.15, 0.2) is 0 Å². The van der Waals surface area contributed by atoms with E-state index in [1.54, 1.807) is 25.1 Å². The molecule has 1 N–H and O–H groups in total. The van der Waals surface area contributed by atoms with Crippen molar-refractivity contribution in [1.82, 2.24) is 4.72 Å². The van der Waals surface area contributed by atoms with Gasteiger partial charge in [-0.1, -0.05) is 22.0 Å². The van der Waals surface area contributed by atoms with E-state index in [4.69, 9.17) is 0 Å². The molecule has 0 aromatic heterocycles. The van der Waals surface area contributed by atoms with Crippen LogP contribution in [0.2, 0.25) is 0 Å². The maximum atomic E-state index is 12.2. The van der Waals surface area contributed by atoms with E-state index in [0.717, 1.165) is 10.0 Å². The van der Waals surface area contributed by atoms with Gasteiger partial charge in [0, 0.05) is 15.0 Å². The fourth-order valence-corrected chi connectivity index (χ4v) is 4.39. The lowest BCUT2D eigenvalue weighted by atomic mass is 10.2. The van der Waals surface area contributed by atoms with E-state index in [2.05, 4.69) is 43.2 Å². The Balaban J connectivity index is 3.13. The van der Waals surface area contributed by atoms with Gasteiger partial charge >= 0.3 is 0 Å². The van der Waals surface area contributed by atoms with Gasteiger partial charge in [0.05, 0.1) is 4.90 Å². The number of rotatable bonds is 5. The highest BCUT2D eigenvalue weighted by molar-refractivity contribution is 9.11. The summed E-state index contributed by atoms with van der Waals surface area (Å²) in [5.41, 5.74) is 0.972. The largest absolute Gasteiger partial charge is 0.241 e. The Bertz CT molecular complexity index is 555. The predicted molar refractivity (Wildman–Crippen MR) is 81.2 cm³/mol. The molecule has 100 valence electrons. The van der Waals surface area contributed by atoms with Gasteiger partial charge in [-0.15, -0.1) is 6.58 Å². The van der Waals surface area contributed by atoms with Crippen LogP contribution in [0.1, 0.15) is 18.9 Å². The molecule has 3 nitrogen and oxygen atoms in total. The predicted octanol–water partition coefficient (Wildman–Crippen LogP) is 3.76.